The van der Waals surface area contributed by atoms with Gasteiger partial charge in [-0.15, -0.1) is 0 Å². The molecule has 2 aliphatic heterocycles. The third kappa shape index (κ3) is 2.67. The molecular weight excluding hydrogens is 346 g/mol. The zero-order valence-electron chi connectivity index (χ0n) is 13.4. The van der Waals surface area contributed by atoms with E-state index in [4.69, 9.17) is 0 Å². The molecule has 0 N–H and O–H groups in total. The number of thiazole rings is 1. The van der Waals surface area contributed by atoms with Gasteiger partial charge in [0.25, 0.3) is 0 Å². The topological polar surface area (TPSA) is 70.6 Å². The van der Waals surface area contributed by atoms with Crippen molar-refractivity contribution < 1.29 is 13.2 Å². The van der Waals surface area contributed by atoms with Crippen LogP contribution in [0.25, 0.3) is 10.2 Å². The number of hydrogen-bond acceptors (Lipinski definition) is 6. The van der Waals surface area contributed by atoms with E-state index in [0.717, 1.165) is 35.8 Å². The zero-order valence-corrected chi connectivity index (χ0v) is 15.1. The molecule has 8 heteroatoms. The summed E-state index contributed by atoms with van der Waals surface area (Å²) in [6.45, 7) is 3.11. The van der Waals surface area contributed by atoms with Crippen LogP contribution in [-0.2, 0) is 14.6 Å². The van der Waals surface area contributed by atoms with Crippen LogP contribution in [0.1, 0.15) is 12.8 Å². The van der Waals surface area contributed by atoms with Crippen LogP contribution in [0.5, 0.6) is 0 Å². The largest absolute Gasteiger partial charge is 0.346 e. The van der Waals surface area contributed by atoms with Crippen LogP contribution >= 0.6 is 11.3 Å². The number of benzene rings is 1. The molecule has 0 saturated carbocycles. The number of anilines is 1. The Morgan fingerprint density at radius 1 is 1.25 bits per heavy atom. The van der Waals surface area contributed by atoms with Crippen LogP contribution in [0.4, 0.5) is 5.13 Å². The third-order valence-corrected chi connectivity index (χ3v) is 6.90. The van der Waals surface area contributed by atoms with E-state index in [1.54, 1.807) is 12.1 Å². The molecule has 0 aliphatic carbocycles. The van der Waals surface area contributed by atoms with Crippen LogP contribution in [0.15, 0.2) is 23.1 Å². The van der Waals surface area contributed by atoms with E-state index in [1.165, 1.54) is 17.6 Å². The number of likely N-dealkylation sites (tertiary alicyclic amines) is 1. The molecule has 24 heavy (non-hydrogen) atoms. The van der Waals surface area contributed by atoms with Crippen LogP contribution in [0, 0.1) is 5.92 Å². The molecule has 1 amide bonds. The highest BCUT2D eigenvalue weighted by molar-refractivity contribution is 7.91. The third-order valence-electron chi connectivity index (χ3n) is 4.69. The van der Waals surface area contributed by atoms with Crippen molar-refractivity contribution in [3.8, 4) is 0 Å². The summed E-state index contributed by atoms with van der Waals surface area (Å²) in [5, 5.41) is 0.798. The maximum absolute atomic E-state index is 12.4. The van der Waals surface area contributed by atoms with Crippen molar-refractivity contribution >= 4 is 42.4 Å². The molecule has 2 saturated heterocycles. The van der Waals surface area contributed by atoms with E-state index in [-0.39, 0.29) is 16.7 Å². The highest BCUT2D eigenvalue weighted by Crippen LogP contribution is 2.36. The minimum atomic E-state index is -3.30. The van der Waals surface area contributed by atoms with Gasteiger partial charge in [-0.1, -0.05) is 17.4 Å². The molecular formula is C16H19N3O3S2. The summed E-state index contributed by atoms with van der Waals surface area (Å²) in [7, 11) is -3.30. The number of hydrogen-bond donors (Lipinski definition) is 0. The van der Waals surface area contributed by atoms with Gasteiger partial charge >= 0.3 is 0 Å². The smallest absolute Gasteiger partial charge is 0.229 e. The summed E-state index contributed by atoms with van der Waals surface area (Å²) >= 11 is 1.48. The molecule has 4 rings (SSSR count). The van der Waals surface area contributed by atoms with Gasteiger partial charge in [-0.05, 0) is 25.0 Å². The highest BCUT2D eigenvalue weighted by atomic mass is 32.2. The van der Waals surface area contributed by atoms with Crippen molar-refractivity contribution in [1.29, 1.82) is 0 Å². The summed E-state index contributed by atoms with van der Waals surface area (Å²) in [6.07, 6.45) is 3.41. The van der Waals surface area contributed by atoms with E-state index in [1.807, 2.05) is 11.0 Å². The molecule has 6 nitrogen and oxygen atoms in total. The van der Waals surface area contributed by atoms with Crippen LogP contribution in [0.2, 0.25) is 0 Å². The van der Waals surface area contributed by atoms with Crippen molar-refractivity contribution in [2.24, 2.45) is 5.92 Å². The summed E-state index contributed by atoms with van der Waals surface area (Å²) in [5.74, 6) is 0.297. The number of para-hydroxylation sites is 1. The molecule has 2 fully saturated rings. The predicted molar refractivity (Wildman–Crippen MR) is 94.2 cm³/mol. The second kappa shape index (κ2) is 5.70. The summed E-state index contributed by atoms with van der Waals surface area (Å²) in [5.41, 5.74) is 0.536. The van der Waals surface area contributed by atoms with Gasteiger partial charge in [0.2, 0.25) is 5.91 Å². The van der Waals surface area contributed by atoms with Gasteiger partial charge in [-0.25, -0.2) is 13.4 Å². The first kappa shape index (κ1) is 15.8. The molecule has 2 aliphatic rings. The average Bonchev–Trinajstić information content (AvgIpc) is 3.13. The van der Waals surface area contributed by atoms with Gasteiger partial charge in [0, 0.05) is 32.4 Å². The van der Waals surface area contributed by atoms with Crippen molar-refractivity contribution in [3.63, 3.8) is 0 Å². The molecule has 1 aromatic heterocycles. The number of carbonyl (C=O) groups excluding carboxylic acids is 1. The fourth-order valence-electron chi connectivity index (χ4n) is 3.33. The molecule has 0 unspecified atom stereocenters. The number of nitrogens with zero attached hydrogens (tertiary/aromatic N) is 3. The van der Waals surface area contributed by atoms with E-state index >= 15 is 0 Å². The Hall–Kier alpha value is -1.67. The molecule has 0 atom stereocenters. The molecule has 3 heterocycles. The Bertz CT molecular complexity index is 894. The summed E-state index contributed by atoms with van der Waals surface area (Å²) < 4.78 is 24.7. The summed E-state index contributed by atoms with van der Waals surface area (Å²) in [4.78, 5) is 21.2. The lowest BCUT2D eigenvalue weighted by Crippen LogP contribution is -2.54. The van der Waals surface area contributed by atoms with E-state index in [9.17, 15) is 13.2 Å². The Labute approximate surface area is 145 Å². The van der Waals surface area contributed by atoms with Gasteiger partial charge in [-0.3, -0.25) is 4.79 Å². The predicted octanol–water partition coefficient (Wildman–Crippen LogP) is 1.76. The molecule has 1 aromatic carbocycles. The Morgan fingerprint density at radius 2 is 1.96 bits per heavy atom. The Morgan fingerprint density at radius 3 is 2.62 bits per heavy atom. The molecule has 0 spiro atoms. The van der Waals surface area contributed by atoms with E-state index in [0.29, 0.717) is 18.6 Å². The van der Waals surface area contributed by atoms with Gasteiger partial charge in [0.05, 0.1) is 15.5 Å². The standard InChI is InChI=1S/C16H19N3O3S2/c1-24(21,22)13-6-4-5-12-14(13)17-16(23-12)19-9-11(10-19)15(20)18-7-2-3-8-18/h4-6,11H,2-3,7-10H2,1H3. The highest BCUT2D eigenvalue weighted by Gasteiger charge is 2.37. The van der Waals surface area contributed by atoms with Crippen molar-refractivity contribution in [3.05, 3.63) is 18.2 Å². The first-order valence-corrected chi connectivity index (χ1v) is 10.8. The minimum absolute atomic E-state index is 0.0458. The molecule has 0 radical (unpaired) electrons. The zero-order chi connectivity index (χ0) is 16.9. The summed E-state index contributed by atoms with van der Waals surface area (Å²) in [6, 6.07) is 5.23. The Balaban J connectivity index is 1.53. The fourth-order valence-corrected chi connectivity index (χ4v) is 5.24. The molecule has 2 aromatic rings. The number of rotatable bonds is 3. The number of amides is 1. The van der Waals surface area contributed by atoms with E-state index in [2.05, 4.69) is 9.88 Å². The first-order chi connectivity index (χ1) is 11.4. The average molecular weight is 365 g/mol. The second-order valence-electron chi connectivity index (χ2n) is 6.51. The van der Waals surface area contributed by atoms with Crippen molar-refractivity contribution in [2.45, 2.75) is 17.7 Å². The van der Waals surface area contributed by atoms with Gasteiger partial charge < -0.3 is 9.80 Å². The van der Waals surface area contributed by atoms with Gasteiger partial charge in [0.15, 0.2) is 15.0 Å². The van der Waals surface area contributed by atoms with Crippen LogP contribution in [-0.4, -0.2) is 56.6 Å². The number of aromatic nitrogens is 1. The van der Waals surface area contributed by atoms with Gasteiger partial charge in [0.1, 0.15) is 5.52 Å². The maximum atomic E-state index is 12.4. The number of carbonyl (C=O) groups is 1. The normalized spacial score (nSPS) is 19.0. The maximum Gasteiger partial charge on any atom is 0.229 e. The molecule has 0 bridgehead atoms. The van der Waals surface area contributed by atoms with Crippen molar-refractivity contribution in [2.75, 3.05) is 37.3 Å². The monoisotopic (exact) mass is 365 g/mol. The number of sulfone groups is 1. The fraction of sp³-hybridized carbons (Fsp3) is 0.500. The number of fused-ring (bicyclic) bond motifs is 1. The second-order valence-corrected chi connectivity index (χ2v) is 9.50. The lowest BCUT2D eigenvalue weighted by atomic mass is 9.99. The molecule has 128 valence electrons. The van der Waals surface area contributed by atoms with E-state index < -0.39 is 9.84 Å². The lowest BCUT2D eigenvalue weighted by molar-refractivity contribution is -0.135. The SMILES string of the molecule is CS(=O)(=O)c1cccc2sc(N3CC(C(=O)N4CCCC4)C3)nc12. The Kier molecular flexibility index (Phi) is 3.76. The van der Waals surface area contributed by atoms with Crippen LogP contribution in [0.3, 0.4) is 0 Å². The van der Waals surface area contributed by atoms with Crippen LogP contribution < -0.4 is 4.90 Å². The van der Waals surface area contributed by atoms with Crippen molar-refractivity contribution in [1.82, 2.24) is 9.88 Å². The first-order valence-electron chi connectivity index (χ1n) is 8.07. The quantitative estimate of drug-likeness (QED) is 0.829. The lowest BCUT2D eigenvalue weighted by Gasteiger charge is -2.39. The minimum Gasteiger partial charge on any atom is -0.346 e. The van der Waals surface area contributed by atoms with Gasteiger partial charge in [-0.2, -0.15) is 0 Å².